The Morgan fingerprint density at radius 2 is 2.05 bits per heavy atom. The number of nitrogen functional groups attached to an aromatic ring is 1. The van der Waals surface area contributed by atoms with E-state index in [1.165, 1.54) is 6.07 Å². The van der Waals surface area contributed by atoms with E-state index in [9.17, 15) is 13.2 Å². The molecule has 0 fully saturated rings. The van der Waals surface area contributed by atoms with Gasteiger partial charge in [0.25, 0.3) is 0 Å². The highest BCUT2D eigenvalue weighted by Gasteiger charge is 2.33. The third-order valence-electron chi connectivity index (χ3n) is 2.96. The van der Waals surface area contributed by atoms with Crippen molar-refractivity contribution in [2.75, 3.05) is 17.7 Å². The number of rotatable bonds is 3. The Morgan fingerprint density at radius 1 is 1.35 bits per heavy atom. The van der Waals surface area contributed by atoms with E-state index in [0.29, 0.717) is 12.2 Å². The molecule has 0 unspecified atom stereocenters. The maximum Gasteiger partial charge on any atom is 0.418 e. The van der Waals surface area contributed by atoms with Crippen molar-refractivity contribution < 1.29 is 13.2 Å². The summed E-state index contributed by atoms with van der Waals surface area (Å²) in [7, 11) is 3.51. The van der Waals surface area contributed by atoms with Crippen LogP contribution in [0.15, 0.2) is 30.6 Å². The highest BCUT2D eigenvalue weighted by Crippen LogP contribution is 2.35. The maximum atomic E-state index is 12.8. The number of aryl methyl sites for hydroxylation is 1. The Morgan fingerprint density at radius 3 is 2.60 bits per heavy atom. The minimum atomic E-state index is -4.45. The van der Waals surface area contributed by atoms with Crippen LogP contribution in [0, 0.1) is 0 Å². The lowest BCUT2D eigenvalue weighted by atomic mass is 10.1. The lowest BCUT2D eigenvalue weighted by molar-refractivity contribution is -0.136. The van der Waals surface area contributed by atoms with Gasteiger partial charge in [-0.25, -0.2) is 0 Å². The van der Waals surface area contributed by atoms with Crippen LogP contribution in [0.4, 0.5) is 24.5 Å². The van der Waals surface area contributed by atoms with E-state index in [4.69, 9.17) is 5.73 Å². The van der Waals surface area contributed by atoms with E-state index in [1.54, 1.807) is 35.9 Å². The Balaban J connectivity index is 2.24. The number of anilines is 2. The molecule has 0 saturated carbocycles. The molecule has 2 aromatic rings. The van der Waals surface area contributed by atoms with Crippen LogP contribution in [0.3, 0.4) is 0 Å². The second-order valence-corrected chi connectivity index (χ2v) is 4.65. The Hall–Kier alpha value is -2.18. The van der Waals surface area contributed by atoms with E-state index in [1.807, 2.05) is 6.20 Å². The van der Waals surface area contributed by atoms with Crippen LogP contribution in [0.1, 0.15) is 11.1 Å². The second kappa shape index (κ2) is 5.07. The van der Waals surface area contributed by atoms with E-state index in [0.717, 1.165) is 11.6 Å². The molecule has 2 rings (SSSR count). The van der Waals surface area contributed by atoms with Crippen LogP contribution in [0.5, 0.6) is 0 Å². The molecule has 1 aromatic carbocycles. The second-order valence-electron chi connectivity index (χ2n) is 4.65. The predicted molar refractivity (Wildman–Crippen MR) is 71.2 cm³/mol. The smallest absolute Gasteiger partial charge is 0.398 e. The third-order valence-corrected chi connectivity index (χ3v) is 2.96. The Bertz CT molecular complexity index is 604. The quantitative estimate of drug-likeness (QED) is 0.881. The molecule has 1 aromatic heterocycles. The fourth-order valence-corrected chi connectivity index (χ4v) is 1.95. The average molecular weight is 284 g/mol. The van der Waals surface area contributed by atoms with Crippen LogP contribution < -0.4 is 10.6 Å². The molecule has 0 spiro atoms. The molecule has 0 aliphatic carbocycles. The van der Waals surface area contributed by atoms with Gasteiger partial charge in [-0.15, -0.1) is 0 Å². The lowest BCUT2D eigenvalue weighted by Crippen LogP contribution is -2.18. The number of nitrogens with zero attached hydrogens (tertiary/aromatic N) is 3. The number of alkyl halides is 3. The van der Waals surface area contributed by atoms with Crippen molar-refractivity contribution in [2.45, 2.75) is 12.7 Å². The van der Waals surface area contributed by atoms with Crippen LogP contribution >= 0.6 is 0 Å². The van der Waals surface area contributed by atoms with Gasteiger partial charge in [-0.2, -0.15) is 18.3 Å². The van der Waals surface area contributed by atoms with E-state index >= 15 is 0 Å². The van der Waals surface area contributed by atoms with Gasteiger partial charge in [0, 0.05) is 43.8 Å². The predicted octanol–water partition coefficient (Wildman–Crippen LogP) is 2.66. The minimum absolute atomic E-state index is 0.268. The number of hydrogen-bond donors (Lipinski definition) is 1. The normalized spacial score (nSPS) is 11.7. The standard InChI is InChI=1S/C13H15F3N4/c1-19(7-9-6-18-20(2)8-9)10-3-4-12(17)11(5-10)13(14,15)16/h3-6,8H,7,17H2,1-2H3. The molecule has 108 valence electrons. The zero-order valence-corrected chi connectivity index (χ0v) is 11.1. The Kier molecular flexibility index (Phi) is 3.61. The molecular weight excluding hydrogens is 269 g/mol. The zero-order valence-electron chi connectivity index (χ0n) is 11.1. The summed E-state index contributed by atoms with van der Waals surface area (Å²) in [6, 6.07) is 3.91. The van der Waals surface area contributed by atoms with Gasteiger partial charge in [-0.1, -0.05) is 0 Å². The first kappa shape index (κ1) is 14.2. The summed E-state index contributed by atoms with van der Waals surface area (Å²) < 4.78 is 40.1. The van der Waals surface area contributed by atoms with Crippen molar-refractivity contribution in [2.24, 2.45) is 7.05 Å². The minimum Gasteiger partial charge on any atom is -0.398 e. The van der Waals surface area contributed by atoms with Gasteiger partial charge in [0.2, 0.25) is 0 Å². The van der Waals surface area contributed by atoms with Crippen molar-refractivity contribution in [3.8, 4) is 0 Å². The fourth-order valence-electron chi connectivity index (χ4n) is 1.95. The molecule has 0 bridgehead atoms. The number of nitrogens with two attached hydrogens (primary N) is 1. The molecule has 1 heterocycles. The molecule has 7 heteroatoms. The summed E-state index contributed by atoms with van der Waals surface area (Å²) in [6.07, 6.45) is -0.952. The first-order valence-corrected chi connectivity index (χ1v) is 5.93. The van der Waals surface area contributed by atoms with Crippen molar-refractivity contribution in [1.29, 1.82) is 0 Å². The van der Waals surface area contributed by atoms with Gasteiger partial charge in [0.1, 0.15) is 0 Å². The molecule has 20 heavy (non-hydrogen) atoms. The summed E-state index contributed by atoms with van der Waals surface area (Å²) >= 11 is 0. The fraction of sp³-hybridized carbons (Fsp3) is 0.308. The van der Waals surface area contributed by atoms with Gasteiger partial charge in [-0.05, 0) is 18.2 Å². The molecule has 2 N–H and O–H groups in total. The summed E-state index contributed by atoms with van der Waals surface area (Å²) in [6.45, 7) is 0.467. The van der Waals surface area contributed by atoms with Gasteiger partial charge in [0.05, 0.1) is 11.8 Å². The van der Waals surface area contributed by atoms with Crippen molar-refractivity contribution >= 4 is 11.4 Å². The molecule has 0 radical (unpaired) electrons. The maximum absolute atomic E-state index is 12.8. The van der Waals surface area contributed by atoms with Crippen LogP contribution in [0.2, 0.25) is 0 Å². The average Bonchev–Trinajstić information content (AvgIpc) is 2.73. The first-order valence-electron chi connectivity index (χ1n) is 5.93. The number of benzene rings is 1. The van der Waals surface area contributed by atoms with Gasteiger partial charge < -0.3 is 10.6 Å². The summed E-state index contributed by atoms with van der Waals surface area (Å²) in [4.78, 5) is 1.71. The van der Waals surface area contributed by atoms with E-state index in [-0.39, 0.29) is 5.69 Å². The Labute approximate surface area is 114 Å². The van der Waals surface area contributed by atoms with E-state index in [2.05, 4.69) is 5.10 Å². The van der Waals surface area contributed by atoms with Gasteiger partial charge >= 0.3 is 6.18 Å². The van der Waals surface area contributed by atoms with Gasteiger partial charge in [0.15, 0.2) is 0 Å². The molecule has 4 nitrogen and oxygen atoms in total. The lowest BCUT2D eigenvalue weighted by Gasteiger charge is -2.20. The summed E-state index contributed by atoms with van der Waals surface area (Å²) in [5.74, 6) is 0. The zero-order chi connectivity index (χ0) is 14.9. The molecule has 0 amide bonds. The van der Waals surface area contributed by atoms with Crippen molar-refractivity contribution in [3.63, 3.8) is 0 Å². The van der Waals surface area contributed by atoms with Gasteiger partial charge in [-0.3, -0.25) is 4.68 Å². The largest absolute Gasteiger partial charge is 0.418 e. The monoisotopic (exact) mass is 284 g/mol. The highest BCUT2D eigenvalue weighted by molar-refractivity contribution is 5.59. The first-order chi connectivity index (χ1) is 9.27. The molecule has 0 aliphatic rings. The number of aromatic nitrogens is 2. The highest BCUT2D eigenvalue weighted by atomic mass is 19.4. The molecule has 0 aliphatic heterocycles. The number of halogens is 3. The van der Waals surface area contributed by atoms with Crippen molar-refractivity contribution in [3.05, 3.63) is 41.7 Å². The van der Waals surface area contributed by atoms with Crippen molar-refractivity contribution in [1.82, 2.24) is 9.78 Å². The van der Waals surface area contributed by atoms with Crippen LogP contribution in [0.25, 0.3) is 0 Å². The summed E-state index contributed by atoms with van der Waals surface area (Å²) in [5, 5.41) is 4.02. The summed E-state index contributed by atoms with van der Waals surface area (Å²) in [5.41, 5.74) is 5.67. The molecule has 0 atom stereocenters. The topological polar surface area (TPSA) is 47.1 Å². The van der Waals surface area contributed by atoms with Crippen LogP contribution in [-0.2, 0) is 19.8 Å². The van der Waals surface area contributed by atoms with E-state index < -0.39 is 11.7 Å². The SMILES string of the molecule is CN(Cc1cnn(C)c1)c1ccc(N)c(C(F)(F)F)c1. The van der Waals surface area contributed by atoms with Crippen LogP contribution in [-0.4, -0.2) is 16.8 Å². The number of hydrogen-bond acceptors (Lipinski definition) is 3. The molecule has 0 saturated heterocycles. The third kappa shape index (κ3) is 3.04. The molecular formula is C13H15F3N4.